The monoisotopic (exact) mass is 295 g/mol. The Kier molecular flexibility index (Phi) is 7.19. The number of carbonyl (C=O) groups excluding carboxylic acids is 1. The second kappa shape index (κ2) is 9.18. The van der Waals surface area contributed by atoms with Crippen LogP contribution in [-0.4, -0.2) is 62.3 Å². The van der Waals surface area contributed by atoms with Crippen LogP contribution in [0.1, 0.15) is 32.1 Å². The highest BCUT2D eigenvalue weighted by atomic mass is 16.5. The minimum atomic E-state index is 0.0706. The highest BCUT2D eigenvalue weighted by Gasteiger charge is 2.35. The fourth-order valence-corrected chi connectivity index (χ4v) is 3.28. The molecule has 1 atom stereocenters. The Morgan fingerprint density at radius 1 is 1.33 bits per heavy atom. The maximum absolute atomic E-state index is 12.3. The molecule has 0 aromatic heterocycles. The number of amides is 1. The summed E-state index contributed by atoms with van der Waals surface area (Å²) in [6.07, 6.45) is 7.15. The van der Waals surface area contributed by atoms with Crippen molar-refractivity contribution in [3.63, 3.8) is 0 Å². The van der Waals surface area contributed by atoms with Gasteiger partial charge in [0, 0.05) is 12.6 Å². The summed E-state index contributed by atoms with van der Waals surface area (Å²) in [4.78, 5) is 14.8. The molecular formula is C16H29N3O2. The number of rotatable bonds is 8. The molecule has 2 aliphatic rings. The van der Waals surface area contributed by atoms with Crippen LogP contribution in [0.3, 0.4) is 0 Å². The van der Waals surface area contributed by atoms with Gasteiger partial charge in [0.25, 0.3) is 0 Å². The highest BCUT2D eigenvalue weighted by Crippen LogP contribution is 2.24. The summed E-state index contributed by atoms with van der Waals surface area (Å²) in [5.74, 6) is 0.179. The van der Waals surface area contributed by atoms with E-state index in [0.717, 1.165) is 51.7 Å². The minimum absolute atomic E-state index is 0.0706. The third-order valence-electron chi connectivity index (χ3n) is 4.39. The fourth-order valence-electron chi connectivity index (χ4n) is 3.28. The second-order valence-corrected chi connectivity index (χ2v) is 5.86. The summed E-state index contributed by atoms with van der Waals surface area (Å²) >= 11 is 0. The molecule has 0 bridgehead atoms. The summed E-state index contributed by atoms with van der Waals surface area (Å²) in [6.45, 7) is 8.74. The molecule has 0 aromatic carbocycles. The largest absolute Gasteiger partial charge is 0.379 e. The van der Waals surface area contributed by atoms with E-state index in [4.69, 9.17) is 4.74 Å². The number of nitrogens with one attached hydrogen (secondary N) is 2. The first-order valence-corrected chi connectivity index (χ1v) is 8.25. The lowest BCUT2D eigenvalue weighted by molar-refractivity contribution is -0.126. The van der Waals surface area contributed by atoms with E-state index in [1.54, 1.807) is 0 Å². The van der Waals surface area contributed by atoms with Crippen LogP contribution in [-0.2, 0) is 9.53 Å². The van der Waals surface area contributed by atoms with E-state index in [9.17, 15) is 4.79 Å². The number of ether oxygens (including phenoxy) is 1. The Morgan fingerprint density at radius 2 is 2.14 bits per heavy atom. The molecule has 2 saturated heterocycles. The predicted molar refractivity (Wildman–Crippen MR) is 84.3 cm³/mol. The van der Waals surface area contributed by atoms with Gasteiger partial charge in [0.05, 0.1) is 19.3 Å². The molecule has 0 saturated carbocycles. The van der Waals surface area contributed by atoms with Crippen molar-refractivity contribution in [1.82, 2.24) is 15.5 Å². The van der Waals surface area contributed by atoms with Gasteiger partial charge in [-0.2, -0.15) is 0 Å². The average Bonchev–Trinajstić information content (AvgIpc) is 3.01. The lowest BCUT2D eigenvalue weighted by Crippen LogP contribution is -2.51. The van der Waals surface area contributed by atoms with Gasteiger partial charge >= 0.3 is 0 Å². The average molecular weight is 295 g/mol. The molecule has 0 aromatic rings. The quantitative estimate of drug-likeness (QED) is 0.516. The molecule has 1 unspecified atom stereocenters. The van der Waals surface area contributed by atoms with Gasteiger partial charge in [0.1, 0.15) is 0 Å². The van der Waals surface area contributed by atoms with Crippen LogP contribution >= 0.6 is 0 Å². The Hall–Kier alpha value is -0.910. The number of hydrogen-bond donors (Lipinski definition) is 2. The van der Waals surface area contributed by atoms with Crippen molar-refractivity contribution in [2.24, 2.45) is 0 Å². The normalized spacial score (nSPS) is 24.1. The summed E-state index contributed by atoms with van der Waals surface area (Å²) in [7, 11) is 0. The lowest BCUT2D eigenvalue weighted by Gasteiger charge is -2.35. The topological polar surface area (TPSA) is 53.6 Å². The molecule has 1 amide bonds. The Morgan fingerprint density at radius 3 is 2.90 bits per heavy atom. The van der Waals surface area contributed by atoms with Crippen molar-refractivity contribution in [1.29, 1.82) is 0 Å². The molecule has 5 heteroatoms. The molecule has 0 aliphatic carbocycles. The van der Waals surface area contributed by atoms with Crippen LogP contribution in [0.5, 0.6) is 0 Å². The zero-order valence-electron chi connectivity index (χ0n) is 13.0. The number of nitrogens with zero attached hydrogens (tertiary/aromatic N) is 1. The van der Waals surface area contributed by atoms with Gasteiger partial charge in [0.15, 0.2) is 0 Å². The Bertz CT molecular complexity index is 329. The van der Waals surface area contributed by atoms with E-state index in [0.29, 0.717) is 25.8 Å². The molecule has 0 radical (unpaired) electrons. The van der Waals surface area contributed by atoms with Crippen molar-refractivity contribution in [3.05, 3.63) is 12.7 Å². The summed E-state index contributed by atoms with van der Waals surface area (Å²) in [5, 5.41) is 6.41. The van der Waals surface area contributed by atoms with Gasteiger partial charge in [-0.25, -0.2) is 0 Å². The number of likely N-dealkylation sites (tertiary alicyclic amines) is 1. The molecule has 2 fully saturated rings. The smallest absolute Gasteiger partial charge is 0.237 e. The van der Waals surface area contributed by atoms with Crippen LogP contribution in [0.2, 0.25) is 0 Å². The van der Waals surface area contributed by atoms with Crippen LogP contribution in [0, 0.1) is 0 Å². The first-order valence-electron chi connectivity index (χ1n) is 8.25. The zero-order chi connectivity index (χ0) is 14.9. The maximum Gasteiger partial charge on any atom is 0.237 e. The summed E-state index contributed by atoms with van der Waals surface area (Å²) in [6, 6.07) is 0.648. The first kappa shape index (κ1) is 16.5. The van der Waals surface area contributed by atoms with Crippen molar-refractivity contribution in [2.45, 2.75) is 44.2 Å². The molecule has 2 heterocycles. The molecular weight excluding hydrogens is 266 g/mol. The Balaban J connectivity index is 1.69. The van der Waals surface area contributed by atoms with Crippen molar-refractivity contribution in [2.75, 3.05) is 39.4 Å². The third-order valence-corrected chi connectivity index (χ3v) is 4.39. The van der Waals surface area contributed by atoms with E-state index < -0.39 is 0 Å². The zero-order valence-corrected chi connectivity index (χ0v) is 13.0. The SMILES string of the molecule is C=CCCOCCNC(=O)C1CCCN1C1CCNCC1. The molecule has 21 heavy (non-hydrogen) atoms. The molecule has 120 valence electrons. The van der Waals surface area contributed by atoms with E-state index in [2.05, 4.69) is 22.1 Å². The molecule has 2 N–H and O–H groups in total. The summed E-state index contributed by atoms with van der Waals surface area (Å²) in [5.41, 5.74) is 0. The molecule has 5 nitrogen and oxygen atoms in total. The summed E-state index contributed by atoms with van der Waals surface area (Å²) < 4.78 is 5.42. The Labute approximate surface area is 128 Å². The predicted octanol–water partition coefficient (Wildman–Crippen LogP) is 0.912. The van der Waals surface area contributed by atoms with Crippen LogP contribution in [0.15, 0.2) is 12.7 Å². The van der Waals surface area contributed by atoms with Crippen molar-refractivity contribution >= 4 is 5.91 Å². The number of hydrogen-bond acceptors (Lipinski definition) is 4. The van der Waals surface area contributed by atoms with Gasteiger partial charge in [-0.05, 0) is 51.7 Å². The minimum Gasteiger partial charge on any atom is -0.379 e. The van der Waals surface area contributed by atoms with E-state index in [-0.39, 0.29) is 11.9 Å². The second-order valence-electron chi connectivity index (χ2n) is 5.86. The third kappa shape index (κ3) is 5.09. The number of carbonyl (C=O) groups is 1. The van der Waals surface area contributed by atoms with Crippen LogP contribution < -0.4 is 10.6 Å². The van der Waals surface area contributed by atoms with Crippen LogP contribution in [0.25, 0.3) is 0 Å². The van der Waals surface area contributed by atoms with Gasteiger partial charge in [-0.3, -0.25) is 9.69 Å². The maximum atomic E-state index is 12.3. The molecule has 2 rings (SSSR count). The van der Waals surface area contributed by atoms with Crippen molar-refractivity contribution < 1.29 is 9.53 Å². The van der Waals surface area contributed by atoms with E-state index >= 15 is 0 Å². The first-order chi connectivity index (χ1) is 10.3. The van der Waals surface area contributed by atoms with Crippen molar-refractivity contribution in [3.8, 4) is 0 Å². The van der Waals surface area contributed by atoms with Gasteiger partial charge in [-0.15, -0.1) is 6.58 Å². The highest BCUT2D eigenvalue weighted by molar-refractivity contribution is 5.82. The van der Waals surface area contributed by atoms with E-state index in [1.807, 2.05) is 6.08 Å². The van der Waals surface area contributed by atoms with Gasteiger partial charge in [-0.1, -0.05) is 6.08 Å². The molecule has 2 aliphatic heterocycles. The standard InChI is InChI=1S/C16H29N3O2/c1-2-3-12-21-13-10-18-16(20)15-5-4-11-19(15)14-6-8-17-9-7-14/h2,14-15,17H,1,3-13H2,(H,18,20). The lowest BCUT2D eigenvalue weighted by atomic mass is 10.0. The fraction of sp³-hybridized carbons (Fsp3) is 0.812. The van der Waals surface area contributed by atoms with E-state index in [1.165, 1.54) is 0 Å². The van der Waals surface area contributed by atoms with Gasteiger partial charge < -0.3 is 15.4 Å². The number of piperidine rings is 1. The molecule has 0 spiro atoms. The van der Waals surface area contributed by atoms with Crippen LogP contribution in [0.4, 0.5) is 0 Å². The van der Waals surface area contributed by atoms with Gasteiger partial charge in [0.2, 0.25) is 5.91 Å².